The molecule has 6 heterocycles. The zero-order chi connectivity index (χ0) is 49.6. The molecule has 0 radical (unpaired) electrons. The van der Waals surface area contributed by atoms with E-state index in [2.05, 4.69) is 35.4 Å². The van der Waals surface area contributed by atoms with Gasteiger partial charge in [0.25, 0.3) is 11.8 Å². The summed E-state index contributed by atoms with van der Waals surface area (Å²) in [6.45, 7) is 14.9. The maximum Gasteiger partial charge on any atom is 0.416 e. The smallest absolute Gasteiger partial charge is 0.416 e. The van der Waals surface area contributed by atoms with Gasteiger partial charge in [0.1, 0.15) is 24.7 Å². The maximum atomic E-state index is 14.2. The fourth-order valence-corrected chi connectivity index (χ4v) is 9.18. The minimum atomic E-state index is -0.947. The molecule has 5 amide bonds. The van der Waals surface area contributed by atoms with Crippen molar-refractivity contribution in [2.45, 2.75) is 83.5 Å². The van der Waals surface area contributed by atoms with Crippen LogP contribution in [0, 0.1) is 6.92 Å². The minimum Gasteiger partial charge on any atom is -0.493 e. The van der Waals surface area contributed by atoms with E-state index in [1.165, 1.54) is 17.1 Å². The number of hydrogen-bond donors (Lipinski definition) is 2. The summed E-state index contributed by atoms with van der Waals surface area (Å²) in [5.41, 5.74) is 5.49. The highest BCUT2D eigenvalue weighted by molar-refractivity contribution is 6.06. The monoisotopic (exact) mass is 958 g/mol. The molecule has 19 nitrogen and oxygen atoms in total. The number of anilines is 3. The number of aromatic nitrogens is 3. The molecule has 368 valence electrons. The Morgan fingerprint density at radius 3 is 2.49 bits per heavy atom. The Morgan fingerprint density at radius 1 is 0.929 bits per heavy atom. The highest BCUT2D eigenvalue weighted by Crippen LogP contribution is 2.41. The number of benzene rings is 2. The van der Waals surface area contributed by atoms with Crippen molar-refractivity contribution < 1.29 is 52.5 Å². The number of ketones is 1. The molecular weight excluding hydrogens is 901 g/mol. The average molecular weight is 959 g/mol. The normalized spacial score (nSPS) is 18.3. The van der Waals surface area contributed by atoms with E-state index in [1.807, 2.05) is 12.1 Å². The molecule has 4 aliphatic rings. The number of fused-ring (bicyclic) bond motifs is 3. The first kappa shape index (κ1) is 48.9. The number of nitrogens with zero attached hydrogens (tertiary/aromatic N) is 6. The van der Waals surface area contributed by atoms with Crippen LogP contribution < -0.4 is 20.3 Å². The van der Waals surface area contributed by atoms with Gasteiger partial charge in [0, 0.05) is 77.3 Å². The van der Waals surface area contributed by atoms with Crippen LogP contribution in [-0.4, -0.2) is 111 Å². The van der Waals surface area contributed by atoms with Crippen LogP contribution in [0.5, 0.6) is 5.75 Å². The predicted octanol–water partition coefficient (Wildman–Crippen LogP) is 6.96. The quantitative estimate of drug-likeness (QED) is 0.0626. The number of carbonyl (C=O) groups excluding carboxylic acids is 6. The molecule has 19 heteroatoms. The molecule has 4 aliphatic heterocycles. The molecule has 2 N–H and O–H groups in total. The second kappa shape index (κ2) is 21.4. The summed E-state index contributed by atoms with van der Waals surface area (Å²) < 4.78 is 32.5. The highest BCUT2D eigenvalue weighted by Gasteiger charge is 2.48. The van der Waals surface area contributed by atoms with Gasteiger partial charge in [-0.25, -0.2) is 19.5 Å². The van der Waals surface area contributed by atoms with E-state index < -0.39 is 30.7 Å². The van der Waals surface area contributed by atoms with Crippen LogP contribution in [-0.2, 0) is 57.3 Å². The third kappa shape index (κ3) is 10.8. The van der Waals surface area contributed by atoms with Gasteiger partial charge in [0.05, 0.1) is 23.9 Å². The van der Waals surface area contributed by atoms with E-state index in [9.17, 15) is 28.8 Å². The largest absolute Gasteiger partial charge is 0.493 e. The van der Waals surface area contributed by atoms with Crippen LogP contribution in [0.4, 0.5) is 26.8 Å². The topological polar surface area (TPSA) is 205 Å². The molecule has 70 heavy (non-hydrogen) atoms. The van der Waals surface area contributed by atoms with E-state index in [-0.39, 0.29) is 79.1 Å². The number of imidazole rings is 1. The van der Waals surface area contributed by atoms with E-state index in [4.69, 9.17) is 23.7 Å². The van der Waals surface area contributed by atoms with Gasteiger partial charge in [-0.05, 0) is 85.5 Å². The van der Waals surface area contributed by atoms with Crippen molar-refractivity contribution in [1.82, 2.24) is 23.9 Å². The van der Waals surface area contributed by atoms with Gasteiger partial charge in [0.2, 0.25) is 11.7 Å². The van der Waals surface area contributed by atoms with E-state index >= 15 is 0 Å². The van der Waals surface area contributed by atoms with Gasteiger partial charge in [-0.2, -0.15) is 0 Å². The number of nitrogens with one attached hydrogen (secondary N) is 2. The van der Waals surface area contributed by atoms with Crippen LogP contribution >= 0.6 is 0 Å². The van der Waals surface area contributed by atoms with E-state index in [0.29, 0.717) is 73.8 Å². The Hall–Kier alpha value is -7.51. The molecule has 2 unspecified atom stereocenters. The lowest BCUT2D eigenvalue weighted by Gasteiger charge is -2.38. The lowest BCUT2D eigenvalue weighted by atomic mass is 10.1. The molecular formula is C51H58N8O11. The summed E-state index contributed by atoms with van der Waals surface area (Å²) in [6, 6.07) is 9.93. The third-order valence-electron chi connectivity index (χ3n) is 12.5. The lowest BCUT2D eigenvalue weighted by Crippen LogP contribution is -2.54. The first-order valence-corrected chi connectivity index (χ1v) is 23.3. The molecule has 3 atom stereocenters. The summed E-state index contributed by atoms with van der Waals surface area (Å²) in [5.74, 6) is -0.392. The van der Waals surface area contributed by atoms with Gasteiger partial charge in [-0.3, -0.25) is 24.5 Å². The molecule has 2 saturated heterocycles. The Kier molecular flexibility index (Phi) is 15.0. The molecule has 8 rings (SSSR count). The number of Topliss-reactive ketones (excluding diaryl/α,β-unsaturated/α-hetero) is 1. The molecule has 2 fully saturated rings. The molecule has 2 aromatic carbocycles. The number of hydrogen-bond acceptors (Lipinski definition) is 12. The molecule has 0 saturated carbocycles. The first-order chi connectivity index (χ1) is 33.7. The minimum absolute atomic E-state index is 0.0326. The van der Waals surface area contributed by atoms with Gasteiger partial charge in [-0.15, -0.1) is 0 Å². The van der Waals surface area contributed by atoms with Crippen molar-refractivity contribution in [3.05, 3.63) is 126 Å². The van der Waals surface area contributed by atoms with Crippen molar-refractivity contribution in [3.63, 3.8) is 0 Å². The van der Waals surface area contributed by atoms with Gasteiger partial charge < -0.3 is 47.9 Å². The highest BCUT2D eigenvalue weighted by atomic mass is 16.7. The zero-order valence-electron chi connectivity index (χ0n) is 39.7. The van der Waals surface area contributed by atoms with Crippen LogP contribution in [0.1, 0.15) is 92.2 Å². The Bertz CT molecular complexity index is 2730. The van der Waals surface area contributed by atoms with E-state index in [0.717, 1.165) is 29.5 Å². The summed E-state index contributed by atoms with van der Waals surface area (Å²) >= 11 is 0. The van der Waals surface area contributed by atoms with Crippen molar-refractivity contribution in [3.8, 4) is 5.75 Å². The molecule has 4 aromatic rings. The number of ether oxygens (including phenoxy) is 5. The zero-order valence-corrected chi connectivity index (χ0v) is 39.7. The Morgan fingerprint density at radius 2 is 1.71 bits per heavy atom. The third-order valence-corrected chi connectivity index (χ3v) is 12.5. The second-order valence-electron chi connectivity index (χ2n) is 17.8. The summed E-state index contributed by atoms with van der Waals surface area (Å²) in [4.78, 5) is 89.7. The number of rotatable bonds is 17. The molecule has 0 aliphatic carbocycles. The Labute approximate surface area is 405 Å². The molecule has 2 aromatic heterocycles. The van der Waals surface area contributed by atoms with Crippen molar-refractivity contribution >= 4 is 52.9 Å². The first-order valence-electron chi connectivity index (χ1n) is 23.3. The molecule has 0 spiro atoms. The van der Waals surface area contributed by atoms with E-state index in [1.54, 1.807) is 76.6 Å². The van der Waals surface area contributed by atoms with Crippen molar-refractivity contribution in [2.24, 2.45) is 14.1 Å². The number of amides is 5. The van der Waals surface area contributed by atoms with Gasteiger partial charge in [0.15, 0.2) is 24.2 Å². The summed E-state index contributed by atoms with van der Waals surface area (Å²) in [6.07, 6.45) is 6.57. The lowest BCUT2D eigenvalue weighted by molar-refractivity contribution is -0.195. The predicted molar refractivity (Wildman–Crippen MR) is 257 cm³/mol. The molecule has 0 bridgehead atoms. The summed E-state index contributed by atoms with van der Waals surface area (Å²) in [7, 11) is 3.41. The second-order valence-corrected chi connectivity index (χ2v) is 17.8. The number of aryl methyl sites for hydroxylation is 3. The SMILES string of the molecule is C=CCOC(=O)Nc1ccc2c(c1)CN(C(=O)c1cc(CC(=O)c3nc(NC(=O)CCCOc4cc5c(cc4C)C(=O)N4CC(=C)C[C@H]4C(OC4CCCCO4)N5C(=O)OCC=C)cn3C)cn1C)C2. The van der Waals surface area contributed by atoms with Crippen LogP contribution in [0.2, 0.25) is 0 Å². The van der Waals surface area contributed by atoms with Gasteiger partial charge in [-0.1, -0.05) is 43.5 Å². The van der Waals surface area contributed by atoms with Crippen molar-refractivity contribution in [1.29, 1.82) is 0 Å². The van der Waals surface area contributed by atoms with Crippen LogP contribution in [0.15, 0.2) is 86.3 Å². The standard InChI is InChI=1S/C51H58N8O11/c1-7-16-68-50(64)52-36-15-14-34-28-57(29-35(34)24-36)48(63)39-22-33(27-55(39)5)23-41(60)46-54-43(30-56(46)6)53-44(61)12-11-19-66-42-25-38-37(21-32(42)4)47(62)58-26-31(3)20-40(58)49(59(38)51(65)69-17-8-2)70-45-13-9-10-18-67-45/h7-8,14-15,21-22,24-25,27,30,40,45,49H,1-3,9-13,16-20,23,26,28-29H2,4-6H3,(H,52,64)(H,53,61)/t40-,45?,49?/m0/s1. The van der Waals surface area contributed by atoms with Crippen molar-refractivity contribution in [2.75, 3.05) is 48.5 Å². The van der Waals surface area contributed by atoms with Gasteiger partial charge >= 0.3 is 12.2 Å². The van der Waals surface area contributed by atoms with Crippen LogP contribution in [0.25, 0.3) is 0 Å². The number of carbonyl (C=O) groups is 6. The summed E-state index contributed by atoms with van der Waals surface area (Å²) in [5, 5.41) is 5.45. The average Bonchev–Trinajstić information content (AvgIpc) is 4.12. The fraction of sp³-hybridized carbons (Fsp3) is 0.392. The maximum absolute atomic E-state index is 14.2. The fourth-order valence-electron chi connectivity index (χ4n) is 9.18. The van der Waals surface area contributed by atoms with Crippen LogP contribution in [0.3, 0.4) is 0 Å². The Balaban J connectivity index is 0.866.